The number of rotatable bonds is 1. The summed E-state index contributed by atoms with van der Waals surface area (Å²) in [6.07, 6.45) is 6.01. The minimum absolute atomic E-state index is 0.771. The molecule has 18 heavy (non-hydrogen) atoms. The average Bonchev–Trinajstić information content (AvgIpc) is 2.28. The molecule has 1 aromatic heterocycles. The molecule has 0 bridgehead atoms. The third kappa shape index (κ3) is 5.38. The van der Waals surface area contributed by atoms with E-state index >= 15 is 0 Å². The second kappa shape index (κ2) is 7.23. The summed E-state index contributed by atoms with van der Waals surface area (Å²) in [6, 6.07) is 4.06. The van der Waals surface area contributed by atoms with E-state index < -0.39 is 15.8 Å². The van der Waals surface area contributed by atoms with Crippen molar-refractivity contribution in [2.24, 2.45) is 0 Å². The van der Waals surface area contributed by atoms with Gasteiger partial charge in [0.2, 0.25) is 0 Å². The second-order valence-electron chi connectivity index (χ2n) is 3.79. The van der Waals surface area contributed by atoms with Crippen LogP contribution in [-0.2, 0) is 19.5 Å². The fourth-order valence-corrected chi connectivity index (χ4v) is 1.44. The van der Waals surface area contributed by atoms with Crippen LogP contribution in [0.2, 0.25) is 0 Å². The molecular formula is C12H15N2O3V-. The van der Waals surface area contributed by atoms with Gasteiger partial charge >= 0.3 is 27.5 Å². The third-order valence-electron chi connectivity index (χ3n) is 2.22. The first-order valence-corrected chi connectivity index (χ1v) is 7.15. The van der Waals surface area contributed by atoms with Crippen molar-refractivity contribution < 1.29 is 27.5 Å². The van der Waals surface area contributed by atoms with Crippen LogP contribution in [0.5, 0.6) is 0 Å². The van der Waals surface area contributed by atoms with Crippen molar-refractivity contribution in [1.82, 2.24) is 4.98 Å². The zero-order valence-electron chi connectivity index (χ0n) is 10.2. The fourth-order valence-electron chi connectivity index (χ4n) is 1.44. The molecule has 1 aromatic rings. The molecule has 5 nitrogen and oxygen atoms in total. The Morgan fingerprint density at radius 3 is 2.61 bits per heavy atom. The summed E-state index contributed by atoms with van der Waals surface area (Å²) in [5.74, 6) is 0. The van der Waals surface area contributed by atoms with Crippen molar-refractivity contribution in [3.63, 3.8) is 0 Å². The van der Waals surface area contributed by atoms with Gasteiger partial charge in [-0.1, -0.05) is 17.7 Å². The molecule has 0 atom stereocenters. The van der Waals surface area contributed by atoms with Crippen LogP contribution in [0.3, 0.4) is 0 Å². The Morgan fingerprint density at radius 2 is 2.06 bits per heavy atom. The van der Waals surface area contributed by atoms with Crippen molar-refractivity contribution in [1.29, 1.82) is 0 Å². The van der Waals surface area contributed by atoms with E-state index in [0.717, 1.165) is 17.9 Å². The van der Waals surface area contributed by atoms with E-state index in [-0.39, 0.29) is 0 Å². The zero-order chi connectivity index (χ0) is 13.5. The number of pyridine rings is 1. The monoisotopic (exact) mass is 286 g/mol. The van der Waals surface area contributed by atoms with E-state index in [1.165, 1.54) is 11.1 Å². The number of hydrogen-bond acceptors (Lipinski definition) is 2. The molecule has 97 valence electrons. The van der Waals surface area contributed by atoms with Gasteiger partial charge in [-0.25, -0.2) is 0 Å². The second-order valence-corrected chi connectivity index (χ2v) is 4.58. The van der Waals surface area contributed by atoms with Crippen molar-refractivity contribution in [3.05, 3.63) is 52.6 Å². The molecule has 0 fully saturated rings. The maximum atomic E-state index is 8.78. The van der Waals surface area contributed by atoms with Gasteiger partial charge in [0.25, 0.3) is 0 Å². The fraction of sp³-hybridized carbons (Fsp3) is 0.250. The van der Waals surface area contributed by atoms with Gasteiger partial charge in [-0.3, -0.25) is 4.98 Å². The van der Waals surface area contributed by atoms with Crippen molar-refractivity contribution >= 4 is 5.70 Å². The van der Waals surface area contributed by atoms with E-state index in [9.17, 15) is 0 Å². The molecule has 0 radical (unpaired) electrons. The quantitative estimate of drug-likeness (QED) is 0.824. The molecule has 0 amide bonds. The molecule has 1 aliphatic rings. The number of aromatic nitrogens is 1. The molecule has 2 N–H and O–H groups in total. The molecule has 0 unspecified atom stereocenters. The normalized spacial score (nSPS) is 13.6. The number of aryl methyl sites for hydroxylation is 1. The Hall–Kier alpha value is -1.27. The Kier molecular flexibility index (Phi) is 5.94. The average molecular weight is 286 g/mol. The van der Waals surface area contributed by atoms with E-state index in [4.69, 9.17) is 11.7 Å². The molecule has 0 aliphatic carbocycles. The van der Waals surface area contributed by atoms with E-state index in [1.54, 1.807) is 0 Å². The standard InChI is InChI=1S/C12H13N2.2H2O.O.V/c1-9-3-5-13-11(7-9)12-8-10(2)4-6-14-12;;;;/h3-5,7-8H,6H2,1-2H3;2*1H2;;/q-1;;;;+2/p-2. The summed E-state index contributed by atoms with van der Waals surface area (Å²) >= 11 is -3.44. The molecule has 6 heteroatoms. The Bertz CT molecular complexity index is 494. The summed E-state index contributed by atoms with van der Waals surface area (Å²) in [5, 5.41) is 4.41. The van der Waals surface area contributed by atoms with Gasteiger partial charge in [-0.05, 0) is 31.5 Å². The number of nitrogens with zero attached hydrogens (tertiary/aromatic N) is 2. The topological polar surface area (TPSA) is 84.5 Å². The molecule has 0 saturated heterocycles. The molecule has 0 spiro atoms. The van der Waals surface area contributed by atoms with Crippen molar-refractivity contribution in [2.45, 2.75) is 13.8 Å². The van der Waals surface area contributed by atoms with Crippen LogP contribution in [0.15, 0.2) is 36.1 Å². The van der Waals surface area contributed by atoms with Gasteiger partial charge in [-0.15, -0.1) is 12.2 Å². The van der Waals surface area contributed by atoms with Crippen LogP contribution >= 0.6 is 0 Å². The van der Waals surface area contributed by atoms with Gasteiger partial charge in [0.1, 0.15) is 0 Å². The maximum absolute atomic E-state index is 8.78. The summed E-state index contributed by atoms with van der Waals surface area (Å²) in [6.45, 7) is 4.93. The predicted molar refractivity (Wildman–Crippen MR) is 64.1 cm³/mol. The van der Waals surface area contributed by atoms with Crippen LogP contribution in [0.1, 0.15) is 18.2 Å². The van der Waals surface area contributed by atoms with Crippen molar-refractivity contribution in [2.75, 3.05) is 6.54 Å². The molecule has 2 heterocycles. The summed E-state index contributed by atoms with van der Waals surface area (Å²) in [4.78, 5) is 4.31. The Labute approximate surface area is 111 Å². The van der Waals surface area contributed by atoms with E-state index in [0.29, 0.717) is 0 Å². The molecule has 0 saturated carbocycles. The van der Waals surface area contributed by atoms with Gasteiger partial charge < -0.3 is 5.32 Å². The third-order valence-corrected chi connectivity index (χ3v) is 2.22. The van der Waals surface area contributed by atoms with E-state index in [1.807, 2.05) is 12.3 Å². The summed E-state index contributed by atoms with van der Waals surface area (Å²) < 4.78 is 23.2. The minimum atomic E-state index is -3.44. The SMILES string of the molecule is CC1=CC[N-]C(c2cc(C)ccn2)=C1.[O]=[V]([OH])[OH]. The molecular weight excluding hydrogens is 271 g/mol. The first-order valence-electron chi connectivity index (χ1n) is 5.33. The van der Waals surface area contributed by atoms with Gasteiger partial charge in [0.05, 0.1) is 0 Å². The molecule has 2 rings (SSSR count). The van der Waals surface area contributed by atoms with Crippen LogP contribution in [0, 0.1) is 6.92 Å². The van der Waals surface area contributed by atoms with Crippen molar-refractivity contribution in [3.8, 4) is 0 Å². The van der Waals surface area contributed by atoms with Gasteiger partial charge in [0, 0.05) is 11.9 Å². The summed E-state index contributed by atoms with van der Waals surface area (Å²) in [7, 11) is 0. The first-order chi connectivity index (χ1) is 8.49. The number of hydrogen-bond donors (Lipinski definition) is 2. The van der Waals surface area contributed by atoms with Crippen LogP contribution in [-0.4, -0.2) is 19.6 Å². The molecule has 1 aliphatic heterocycles. The van der Waals surface area contributed by atoms with Crippen LogP contribution in [0.25, 0.3) is 11.0 Å². The van der Waals surface area contributed by atoms with Crippen LogP contribution in [0.4, 0.5) is 0 Å². The Morgan fingerprint density at radius 1 is 1.39 bits per heavy atom. The number of allylic oxidation sites excluding steroid dienone is 2. The molecule has 0 aromatic carbocycles. The Balaban J connectivity index is 0.000000357. The van der Waals surface area contributed by atoms with Crippen LogP contribution < -0.4 is 0 Å². The van der Waals surface area contributed by atoms with Gasteiger partial charge in [0.15, 0.2) is 0 Å². The van der Waals surface area contributed by atoms with E-state index in [2.05, 4.69) is 42.4 Å². The first kappa shape index (κ1) is 14.8. The van der Waals surface area contributed by atoms with Gasteiger partial charge in [-0.2, -0.15) is 0 Å². The predicted octanol–water partition coefficient (Wildman–Crippen LogP) is 1.83. The zero-order valence-corrected chi connectivity index (χ0v) is 11.6. The summed E-state index contributed by atoms with van der Waals surface area (Å²) in [5.41, 5.74) is 4.45.